The van der Waals surface area contributed by atoms with Crippen molar-refractivity contribution in [3.05, 3.63) is 59.7 Å². The molecular formula is C24H33ClN4O2S. The quantitative estimate of drug-likeness (QED) is 0.337. The Morgan fingerprint density at radius 1 is 0.906 bits per heavy atom. The van der Waals surface area contributed by atoms with E-state index in [-0.39, 0.29) is 29.3 Å². The molecule has 2 amide bonds. The minimum atomic E-state index is -0.251. The number of unbranched alkanes of at least 4 members (excludes halogenated alkanes) is 1. The van der Waals surface area contributed by atoms with E-state index in [0.717, 1.165) is 43.6 Å². The normalized spacial score (nSPS) is 10.2. The van der Waals surface area contributed by atoms with Crippen molar-refractivity contribution in [2.45, 2.75) is 39.0 Å². The molecule has 0 spiro atoms. The van der Waals surface area contributed by atoms with Crippen LogP contribution in [0.25, 0.3) is 0 Å². The Kier molecular flexibility index (Phi) is 12.5. The lowest BCUT2D eigenvalue weighted by Crippen LogP contribution is -2.34. The predicted octanol–water partition coefficient (Wildman–Crippen LogP) is 4.86. The molecule has 0 atom stereocenters. The zero-order valence-electron chi connectivity index (χ0n) is 18.9. The average Bonchev–Trinajstić information content (AvgIpc) is 2.73. The van der Waals surface area contributed by atoms with Gasteiger partial charge in [-0.05, 0) is 94.1 Å². The highest BCUT2D eigenvalue weighted by molar-refractivity contribution is 7.80. The summed E-state index contributed by atoms with van der Waals surface area (Å²) in [6, 6.07) is 14.8. The highest BCUT2D eigenvalue weighted by atomic mass is 35.5. The zero-order valence-corrected chi connectivity index (χ0v) is 20.6. The number of hydrogen-bond donors (Lipinski definition) is 3. The molecule has 0 saturated heterocycles. The van der Waals surface area contributed by atoms with Gasteiger partial charge in [-0.2, -0.15) is 0 Å². The second-order valence-electron chi connectivity index (χ2n) is 7.74. The van der Waals surface area contributed by atoms with Gasteiger partial charge < -0.3 is 15.5 Å². The highest BCUT2D eigenvalue weighted by Gasteiger charge is 2.08. The van der Waals surface area contributed by atoms with E-state index < -0.39 is 0 Å². The minimum Gasteiger partial charge on any atom is -0.332 e. The van der Waals surface area contributed by atoms with E-state index in [0.29, 0.717) is 12.0 Å². The van der Waals surface area contributed by atoms with Crippen molar-refractivity contribution in [1.82, 2.24) is 10.2 Å². The molecule has 0 saturated carbocycles. The molecule has 6 nitrogen and oxygen atoms in total. The van der Waals surface area contributed by atoms with E-state index in [4.69, 9.17) is 12.2 Å². The third-order valence-electron chi connectivity index (χ3n) is 4.67. The van der Waals surface area contributed by atoms with Gasteiger partial charge in [0.15, 0.2) is 5.11 Å². The topological polar surface area (TPSA) is 73.5 Å². The SMILES string of the molecule is CCCc1ccc(C(=O)NC(=S)Nc2ccc(NC(=O)CCCCN(C)C)cc2)cc1.Cl. The molecule has 0 bridgehead atoms. The summed E-state index contributed by atoms with van der Waals surface area (Å²) < 4.78 is 0. The molecule has 3 N–H and O–H groups in total. The van der Waals surface area contributed by atoms with Crippen LogP contribution < -0.4 is 16.0 Å². The molecule has 2 aromatic rings. The van der Waals surface area contributed by atoms with Crippen LogP contribution in [0.5, 0.6) is 0 Å². The number of anilines is 2. The van der Waals surface area contributed by atoms with E-state index in [2.05, 4.69) is 27.8 Å². The third-order valence-corrected chi connectivity index (χ3v) is 4.87. The van der Waals surface area contributed by atoms with Crippen molar-refractivity contribution in [2.75, 3.05) is 31.3 Å². The molecule has 0 aliphatic carbocycles. The lowest BCUT2D eigenvalue weighted by molar-refractivity contribution is -0.116. The molecule has 0 fully saturated rings. The number of rotatable bonds is 10. The fourth-order valence-corrected chi connectivity index (χ4v) is 3.23. The summed E-state index contributed by atoms with van der Waals surface area (Å²) in [4.78, 5) is 26.5. The Morgan fingerprint density at radius 3 is 2.06 bits per heavy atom. The van der Waals surface area contributed by atoms with Crippen molar-refractivity contribution >= 4 is 52.9 Å². The van der Waals surface area contributed by atoms with Gasteiger partial charge in [0, 0.05) is 23.4 Å². The Labute approximate surface area is 202 Å². The number of carbonyl (C=O) groups excluding carboxylic acids is 2. The first-order valence-corrected chi connectivity index (χ1v) is 11.0. The van der Waals surface area contributed by atoms with Gasteiger partial charge in [0.2, 0.25) is 5.91 Å². The molecule has 174 valence electrons. The Bertz CT molecular complexity index is 871. The van der Waals surface area contributed by atoms with Gasteiger partial charge in [-0.1, -0.05) is 25.5 Å². The van der Waals surface area contributed by atoms with Crippen LogP contribution in [0.4, 0.5) is 11.4 Å². The first-order chi connectivity index (χ1) is 14.9. The maximum Gasteiger partial charge on any atom is 0.257 e. The molecule has 2 rings (SSSR count). The fraction of sp³-hybridized carbons (Fsp3) is 0.375. The summed E-state index contributed by atoms with van der Waals surface area (Å²) in [6.45, 7) is 3.10. The second kappa shape index (κ2) is 14.6. The number of nitrogens with zero attached hydrogens (tertiary/aromatic N) is 1. The fourth-order valence-electron chi connectivity index (χ4n) is 3.02. The first-order valence-electron chi connectivity index (χ1n) is 10.6. The van der Waals surface area contributed by atoms with Crippen LogP contribution in [0.3, 0.4) is 0 Å². The number of aryl methyl sites for hydroxylation is 1. The van der Waals surface area contributed by atoms with Crippen LogP contribution in [-0.4, -0.2) is 42.5 Å². The number of halogens is 1. The van der Waals surface area contributed by atoms with Gasteiger partial charge in [0.05, 0.1) is 0 Å². The van der Waals surface area contributed by atoms with Crippen molar-refractivity contribution in [3.8, 4) is 0 Å². The molecule has 32 heavy (non-hydrogen) atoms. The highest BCUT2D eigenvalue weighted by Crippen LogP contribution is 2.14. The Morgan fingerprint density at radius 2 is 1.50 bits per heavy atom. The van der Waals surface area contributed by atoms with Crippen LogP contribution in [0.2, 0.25) is 0 Å². The van der Waals surface area contributed by atoms with Crippen LogP contribution in [0.1, 0.15) is 48.5 Å². The number of thiocarbonyl (C=S) groups is 1. The lowest BCUT2D eigenvalue weighted by atomic mass is 10.1. The number of hydrogen-bond acceptors (Lipinski definition) is 4. The molecular weight excluding hydrogens is 444 g/mol. The summed E-state index contributed by atoms with van der Waals surface area (Å²) in [5.74, 6) is -0.245. The maximum absolute atomic E-state index is 12.3. The minimum absolute atomic E-state index is 0. The van der Waals surface area contributed by atoms with Crippen LogP contribution in [0, 0.1) is 0 Å². The van der Waals surface area contributed by atoms with Crippen molar-refractivity contribution in [3.63, 3.8) is 0 Å². The van der Waals surface area contributed by atoms with E-state index in [1.165, 1.54) is 5.56 Å². The second-order valence-corrected chi connectivity index (χ2v) is 8.15. The van der Waals surface area contributed by atoms with Gasteiger partial charge in [0.25, 0.3) is 5.91 Å². The standard InChI is InChI=1S/C24H32N4O2S.ClH/c1-4-7-18-9-11-19(12-10-18)23(30)27-24(31)26-21-15-13-20(14-16-21)25-22(29)8-5-6-17-28(2)3;/h9-16H,4-8,17H2,1-3H3,(H,25,29)(H2,26,27,30,31);1H. The summed E-state index contributed by atoms with van der Waals surface area (Å²) in [5, 5.41) is 8.79. The molecule has 0 unspecified atom stereocenters. The molecule has 0 aromatic heterocycles. The molecule has 0 heterocycles. The molecule has 0 aliphatic heterocycles. The van der Waals surface area contributed by atoms with Crippen LogP contribution in [0.15, 0.2) is 48.5 Å². The molecule has 0 radical (unpaired) electrons. The average molecular weight is 477 g/mol. The van der Waals surface area contributed by atoms with Gasteiger partial charge >= 0.3 is 0 Å². The number of nitrogens with one attached hydrogen (secondary N) is 3. The molecule has 2 aromatic carbocycles. The van der Waals surface area contributed by atoms with Crippen molar-refractivity contribution in [2.24, 2.45) is 0 Å². The maximum atomic E-state index is 12.3. The van der Waals surface area contributed by atoms with E-state index in [1.54, 1.807) is 36.4 Å². The lowest BCUT2D eigenvalue weighted by Gasteiger charge is -2.11. The summed E-state index contributed by atoms with van der Waals surface area (Å²) >= 11 is 5.24. The molecule has 0 aliphatic rings. The summed E-state index contributed by atoms with van der Waals surface area (Å²) in [7, 11) is 4.05. The Hall–Kier alpha value is -2.48. The number of amides is 2. The molecule has 8 heteroatoms. The number of carbonyl (C=O) groups is 2. The largest absolute Gasteiger partial charge is 0.332 e. The zero-order chi connectivity index (χ0) is 22.6. The predicted molar refractivity (Wildman–Crippen MR) is 139 cm³/mol. The van der Waals surface area contributed by atoms with E-state index in [1.807, 2.05) is 26.2 Å². The van der Waals surface area contributed by atoms with Gasteiger partial charge in [-0.15, -0.1) is 12.4 Å². The van der Waals surface area contributed by atoms with Crippen LogP contribution >= 0.6 is 24.6 Å². The van der Waals surface area contributed by atoms with E-state index in [9.17, 15) is 9.59 Å². The third kappa shape index (κ3) is 10.2. The smallest absolute Gasteiger partial charge is 0.257 e. The Balaban J connectivity index is 0.00000512. The van der Waals surface area contributed by atoms with Gasteiger partial charge in [-0.25, -0.2) is 0 Å². The number of benzene rings is 2. The van der Waals surface area contributed by atoms with Crippen molar-refractivity contribution < 1.29 is 9.59 Å². The van der Waals surface area contributed by atoms with Crippen LogP contribution in [-0.2, 0) is 11.2 Å². The monoisotopic (exact) mass is 476 g/mol. The van der Waals surface area contributed by atoms with Gasteiger partial charge in [0.1, 0.15) is 0 Å². The van der Waals surface area contributed by atoms with Gasteiger partial charge in [-0.3, -0.25) is 14.9 Å². The summed E-state index contributed by atoms with van der Waals surface area (Å²) in [5.41, 5.74) is 3.23. The van der Waals surface area contributed by atoms with Crippen molar-refractivity contribution in [1.29, 1.82) is 0 Å². The summed E-state index contributed by atoms with van der Waals surface area (Å²) in [6.07, 6.45) is 4.42. The van der Waals surface area contributed by atoms with E-state index >= 15 is 0 Å². The first kappa shape index (κ1) is 27.6.